The third-order valence-electron chi connectivity index (χ3n) is 5.87. The van der Waals surface area contributed by atoms with Gasteiger partial charge in [-0.1, -0.05) is 31.0 Å². The van der Waals surface area contributed by atoms with Gasteiger partial charge in [0.1, 0.15) is 17.3 Å². The van der Waals surface area contributed by atoms with Crippen molar-refractivity contribution in [2.24, 2.45) is 13.0 Å². The summed E-state index contributed by atoms with van der Waals surface area (Å²) in [5.41, 5.74) is 0.821. The molecular weight excluding hydrogens is 420 g/mol. The predicted octanol–water partition coefficient (Wildman–Crippen LogP) is 3.21. The molecule has 8 heteroatoms. The van der Waals surface area contributed by atoms with Gasteiger partial charge in [0.05, 0.1) is 18.4 Å². The lowest BCUT2D eigenvalue weighted by atomic mass is 9.83. The number of amides is 2. The highest BCUT2D eigenvalue weighted by Gasteiger charge is 2.34. The molecule has 1 saturated carbocycles. The molecule has 33 heavy (non-hydrogen) atoms. The molecule has 0 unspecified atom stereocenters. The van der Waals surface area contributed by atoms with Crippen LogP contribution in [-0.4, -0.2) is 40.0 Å². The molecule has 2 N–H and O–H groups in total. The molecule has 2 aromatic rings. The van der Waals surface area contributed by atoms with Gasteiger partial charge in [0.2, 0.25) is 5.91 Å². The summed E-state index contributed by atoms with van der Waals surface area (Å²) in [6.45, 7) is 5.24. The number of carbonyl (C=O) groups is 3. The van der Waals surface area contributed by atoms with E-state index in [4.69, 9.17) is 4.74 Å². The molecule has 1 aliphatic carbocycles. The van der Waals surface area contributed by atoms with Crippen LogP contribution in [0.2, 0.25) is 0 Å². The van der Waals surface area contributed by atoms with Crippen LogP contribution in [0.25, 0.3) is 10.9 Å². The summed E-state index contributed by atoms with van der Waals surface area (Å²) in [4.78, 5) is 38.1. The second-order valence-electron chi connectivity index (χ2n) is 9.60. The number of nitrogens with zero attached hydrogens (tertiary/aromatic N) is 2. The molecule has 1 aromatic carbocycles. The molecular formula is C25H32N4O4. The summed E-state index contributed by atoms with van der Waals surface area (Å²) in [6.07, 6.45) is 2.83. The van der Waals surface area contributed by atoms with Crippen molar-refractivity contribution < 1.29 is 19.1 Å². The van der Waals surface area contributed by atoms with Crippen molar-refractivity contribution in [1.82, 2.24) is 15.2 Å². The van der Waals surface area contributed by atoms with Crippen molar-refractivity contribution in [3.8, 4) is 6.07 Å². The van der Waals surface area contributed by atoms with Crippen LogP contribution in [0.5, 0.6) is 0 Å². The van der Waals surface area contributed by atoms with E-state index >= 15 is 0 Å². The van der Waals surface area contributed by atoms with Crippen molar-refractivity contribution in [3.05, 3.63) is 36.0 Å². The molecule has 176 valence electrons. The number of hydrogen-bond donors (Lipinski definition) is 2. The maximum Gasteiger partial charge on any atom is 0.309 e. The Morgan fingerprint density at radius 1 is 1.21 bits per heavy atom. The first-order chi connectivity index (χ1) is 15.6. The maximum atomic E-state index is 13.1. The number of benzene rings is 1. The molecule has 8 nitrogen and oxygen atoms in total. The van der Waals surface area contributed by atoms with Crippen LogP contribution in [0, 0.1) is 17.2 Å². The summed E-state index contributed by atoms with van der Waals surface area (Å²) in [5, 5.41) is 16.1. The minimum atomic E-state index is -0.983. The van der Waals surface area contributed by atoms with Crippen molar-refractivity contribution in [2.75, 3.05) is 0 Å². The molecule has 0 saturated heterocycles. The second kappa shape index (κ2) is 10.1. The summed E-state index contributed by atoms with van der Waals surface area (Å²) in [6, 6.07) is 10.2. The summed E-state index contributed by atoms with van der Waals surface area (Å²) in [7, 11) is 1.84. The number of para-hydroxylation sites is 1. The maximum absolute atomic E-state index is 13.1. The minimum absolute atomic E-state index is 0.223. The van der Waals surface area contributed by atoms with Crippen LogP contribution < -0.4 is 10.6 Å². The summed E-state index contributed by atoms with van der Waals surface area (Å²) < 4.78 is 7.10. The van der Waals surface area contributed by atoms with Gasteiger partial charge in [0, 0.05) is 24.0 Å². The standard InChI is InChI=1S/C25H32N4O4/c1-25(2,3)33-22(30)14-17(15-26)27-23(31)18-10-6-7-11-19(18)28-24(32)21-13-16-9-5-8-12-20(16)29(21)4/h5,8-9,12-13,17-19H,6-7,10-11,14H2,1-4H3,(H,27,31)(H,28,32)/t17-,18+,19-/m0/s1. The zero-order chi connectivity index (χ0) is 24.2. The van der Waals surface area contributed by atoms with E-state index in [9.17, 15) is 19.6 Å². The second-order valence-corrected chi connectivity index (χ2v) is 9.60. The molecule has 1 aliphatic rings. The average Bonchev–Trinajstić information content (AvgIpc) is 3.09. The van der Waals surface area contributed by atoms with Crippen molar-refractivity contribution >= 4 is 28.7 Å². The zero-order valence-electron chi connectivity index (χ0n) is 19.7. The third-order valence-corrected chi connectivity index (χ3v) is 5.87. The Bertz CT molecular complexity index is 1080. The molecule has 0 spiro atoms. The topological polar surface area (TPSA) is 113 Å². The van der Waals surface area contributed by atoms with Gasteiger partial charge in [-0.25, -0.2) is 0 Å². The Kier molecular flexibility index (Phi) is 7.42. The largest absolute Gasteiger partial charge is 0.460 e. The molecule has 3 atom stereocenters. The number of esters is 1. The summed E-state index contributed by atoms with van der Waals surface area (Å²) in [5.74, 6) is -1.57. The predicted molar refractivity (Wildman–Crippen MR) is 124 cm³/mol. The fourth-order valence-corrected chi connectivity index (χ4v) is 4.32. The highest BCUT2D eigenvalue weighted by molar-refractivity contribution is 5.99. The van der Waals surface area contributed by atoms with Gasteiger partial charge in [0.25, 0.3) is 5.91 Å². The van der Waals surface area contributed by atoms with E-state index in [1.54, 1.807) is 20.8 Å². The van der Waals surface area contributed by atoms with Crippen LogP contribution in [0.3, 0.4) is 0 Å². The lowest BCUT2D eigenvalue weighted by molar-refractivity contribution is -0.155. The van der Waals surface area contributed by atoms with Crippen molar-refractivity contribution in [3.63, 3.8) is 0 Å². The van der Waals surface area contributed by atoms with E-state index in [2.05, 4.69) is 10.6 Å². The smallest absolute Gasteiger partial charge is 0.309 e. The van der Waals surface area contributed by atoms with Crippen LogP contribution in [-0.2, 0) is 21.4 Å². The lowest BCUT2D eigenvalue weighted by Gasteiger charge is -2.32. The Morgan fingerprint density at radius 3 is 2.58 bits per heavy atom. The minimum Gasteiger partial charge on any atom is -0.460 e. The van der Waals surface area contributed by atoms with Gasteiger partial charge in [-0.05, 0) is 45.7 Å². The molecule has 2 amide bonds. The van der Waals surface area contributed by atoms with E-state index < -0.39 is 23.5 Å². The first kappa shape index (κ1) is 24.3. The number of hydrogen-bond acceptors (Lipinski definition) is 5. The first-order valence-electron chi connectivity index (χ1n) is 11.4. The van der Waals surface area contributed by atoms with E-state index in [0.717, 1.165) is 23.7 Å². The van der Waals surface area contributed by atoms with Gasteiger partial charge in [-0.15, -0.1) is 0 Å². The molecule has 0 radical (unpaired) electrons. The quantitative estimate of drug-likeness (QED) is 0.654. The molecule has 1 heterocycles. The molecule has 1 fully saturated rings. The zero-order valence-corrected chi connectivity index (χ0v) is 19.7. The van der Waals surface area contributed by atoms with Crippen molar-refractivity contribution in [1.29, 1.82) is 5.26 Å². The number of rotatable bonds is 6. The van der Waals surface area contributed by atoms with Crippen LogP contribution in [0.4, 0.5) is 0 Å². The van der Waals surface area contributed by atoms with Crippen LogP contribution in [0.1, 0.15) is 63.4 Å². The fraction of sp³-hybridized carbons (Fsp3) is 0.520. The lowest BCUT2D eigenvalue weighted by Crippen LogP contribution is -2.50. The highest BCUT2D eigenvalue weighted by Crippen LogP contribution is 2.26. The number of nitriles is 1. The van der Waals surface area contributed by atoms with Crippen LogP contribution >= 0.6 is 0 Å². The van der Waals surface area contributed by atoms with Gasteiger partial charge in [-0.3, -0.25) is 14.4 Å². The SMILES string of the molecule is Cn1c(C(=O)N[C@H]2CCCC[C@H]2C(=O)N[C@H](C#N)CC(=O)OC(C)(C)C)cc2ccccc21. The number of aromatic nitrogens is 1. The molecule has 0 bridgehead atoms. The molecule has 0 aliphatic heterocycles. The average molecular weight is 453 g/mol. The summed E-state index contributed by atoms with van der Waals surface area (Å²) >= 11 is 0. The monoisotopic (exact) mass is 452 g/mol. The Morgan fingerprint density at radius 2 is 1.91 bits per heavy atom. The van der Waals surface area contributed by atoms with Crippen molar-refractivity contribution in [2.45, 2.75) is 70.6 Å². The number of carbonyl (C=O) groups excluding carboxylic acids is 3. The number of nitrogens with one attached hydrogen (secondary N) is 2. The van der Waals surface area contributed by atoms with Gasteiger partial charge in [0.15, 0.2) is 0 Å². The van der Waals surface area contributed by atoms with E-state index in [0.29, 0.717) is 18.5 Å². The highest BCUT2D eigenvalue weighted by atomic mass is 16.6. The van der Waals surface area contributed by atoms with Gasteiger partial charge in [-0.2, -0.15) is 5.26 Å². The van der Waals surface area contributed by atoms with E-state index in [1.807, 2.05) is 48.0 Å². The molecule has 3 rings (SSSR count). The number of fused-ring (bicyclic) bond motifs is 1. The first-order valence-corrected chi connectivity index (χ1v) is 11.4. The number of aryl methyl sites for hydroxylation is 1. The third kappa shape index (κ3) is 6.13. The fourth-order valence-electron chi connectivity index (χ4n) is 4.32. The normalized spacial score (nSPS) is 19.4. The van der Waals surface area contributed by atoms with Gasteiger partial charge < -0.3 is 19.9 Å². The van der Waals surface area contributed by atoms with Gasteiger partial charge >= 0.3 is 5.97 Å². The number of ether oxygens (including phenoxy) is 1. The Hall–Kier alpha value is -3.34. The van der Waals surface area contributed by atoms with E-state index in [-0.39, 0.29) is 24.3 Å². The Labute approximate surface area is 194 Å². The Balaban J connectivity index is 1.67. The van der Waals surface area contributed by atoms with Crippen LogP contribution in [0.15, 0.2) is 30.3 Å². The molecule has 1 aromatic heterocycles. The van der Waals surface area contributed by atoms with E-state index in [1.165, 1.54) is 0 Å².